The van der Waals surface area contributed by atoms with Crippen LogP contribution in [-0.2, 0) is 9.59 Å². The van der Waals surface area contributed by atoms with Crippen LogP contribution in [0, 0.1) is 23.2 Å². The van der Waals surface area contributed by atoms with Crippen molar-refractivity contribution in [3.63, 3.8) is 0 Å². The lowest BCUT2D eigenvalue weighted by atomic mass is 9.49. The number of hydrogen-bond acceptors (Lipinski definition) is 3. The normalized spacial score (nSPS) is 37.2. The number of fused-ring (bicyclic) bond motifs is 1. The molecule has 6 rings (SSSR count). The summed E-state index contributed by atoms with van der Waals surface area (Å²) in [6.07, 6.45) is 8.42. The molecule has 4 nitrogen and oxygen atoms in total. The molecule has 1 heterocycles. The number of carbonyl (C=O) groups is 2. The van der Waals surface area contributed by atoms with Crippen molar-refractivity contribution in [3.8, 4) is 0 Å². The van der Waals surface area contributed by atoms with Crippen molar-refractivity contribution in [2.75, 3.05) is 11.9 Å². The molecule has 1 aromatic carbocycles. The Morgan fingerprint density at radius 2 is 1.77 bits per heavy atom. The van der Waals surface area contributed by atoms with E-state index in [0.29, 0.717) is 5.41 Å². The summed E-state index contributed by atoms with van der Waals surface area (Å²) in [5.41, 5.74) is 1.20. The lowest BCUT2D eigenvalue weighted by Gasteiger charge is -2.56. The Bertz CT molecular complexity index is 712. The zero-order chi connectivity index (χ0) is 17.7. The Morgan fingerprint density at radius 1 is 1.12 bits per heavy atom. The summed E-state index contributed by atoms with van der Waals surface area (Å²) in [7, 11) is 0. The molecular weight excluding hydrogens is 344 g/mol. The second-order valence-corrected chi connectivity index (χ2v) is 10.2. The van der Waals surface area contributed by atoms with Crippen LogP contribution >= 0.6 is 11.8 Å². The Balaban J connectivity index is 1.19. The van der Waals surface area contributed by atoms with E-state index in [1.165, 1.54) is 50.3 Å². The van der Waals surface area contributed by atoms with Gasteiger partial charge in [-0.3, -0.25) is 9.59 Å². The van der Waals surface area contributed by atoms with Gasteiger partial charge in [-0.2, -0.15) is 0 Å². The van der Waals surface area contributed by atoms with E-state index in [1.807, 2.05) is 24.3 Å². The monoisotopic (exact) mass is 370 g/mol. The van der Waals surface area contributed by atoms with Crippen molar-refractivity contribution in [2.24, 2.45) is 23.2 Å². The van der Waals surface area contributed by atoms with Crippen LogP contribution in [0.5, 0.6) is 0 Å². The number of hydrogen-bond donors (Lipinski definition) is 2. The van der Waals surface area contributed by atoms with Gasteiger partial charge in [-0.1, -0.05) is 12.1 Å². The van der Waals surface area contributed by atoms with Gasteiger partial charge in [-0.15, -0.1) is 11.8 Å². The number of carbonyl (C=O) groups excluding carboxylic acids is 2. The van der Waals surface area contributed by atoms with Crippen molar-refractivity contribution in [1.82, 2.24) is 5.32 Å². The number of nitrogens with one attached hydrogen (secondary N) is 2. The second kappa shape index (κ2) is 6.29. The van der Waals surface area contributed by atoms with E-state index in [4.69, 9.17) is 0 Å². The van der Waals surface area contributed by atoms with Gasteiger partial charge in [-0.25, -0.2) is 0 Å². The molecule has 5 aliphatic rings. The molecule has 0 aromatic heterocycles. The molecule has 4 bridgehead atoms. The minimum atomic E-state index is -0.332. The lowest BCUT2D eigenvalue weighted by molar-refractivity contribution is -0.125. The third-order valence-corrected chi connectivity index (χ3v) is 8.18. The molecular formula is C21H26N2O2S. The number of para-hydroxylation sites is 1. The highest BCUT2D eigenvalue weighted by molar-refractivity contribution is 8.01. The molecule has 4 fully saturated rings. The Labute approximate surface area is 158 Å². The summed E-state index contributed by atoms with van der Waals surface area (Å²) < 4.78 is 0. The largest absolute Gasteiger partial charge is 0.355 e. The average molecular weight is 371 g/mol. The molecule has 2 amide bonds. The van der Waals surface area contributed by atoms with Crippen LogP contribution < -0.4 is 10.6 Å². The smallest absolute Gasteiger partial charge is 0.238 e. The van der Waals surface area contributed by atoms with Crippen molar-refractivity contribution < 1.29 is 9.59 Å². The van der Waals surface area contributed by atoms with Crippen molar-refractivity contribution in [3.05, 3.63) is 24.3 Å². The Hall–Kier alpha value is -1.49. The van der Waals surface area contributed by atoms with Crippen LogP contribution in [0.15, 0.2) is 29.2 Å². The minimum Gasteiger partial charge on any atom is -0.355 e. The van der Waals surface area contributed by atoms with Crippen molar-refractivity contribution >= 4 is 29.3 Å². The van der Waals surface area contributed by atoms with Crippen molar-refractivity contribution in [1.29, 1.82) is 0 Å². The SMILES string of the molecule is O=C(CC1Sc2ccccc2NC1=O)NCC12CC3CC(CC(C3)C1)C2. The molecule has 2 N–H and O–H groups in total. The lowest BCUT2D eigenvalue weighted by Crippen LogP contribution is -2.51. The fraction of sp³-hybridized carbons (Fsp3) is 0.619. The molecule has 0 spiro atoms. The van der Waals surface area contributed by atoms with Crippen LogP contribution in [0.4, 0.5) is 5.69 Å². The van der Waals surface area contributed by atoms with E-state index in [-0.39, 0.29) is 23.5 Å². The summed E-state index contributed by atoms with van der Waals surface area (Å²) in [5.74, 6) is 2.66. The van der Waals surface area contributed by atoms with Crippen LogP contribution in [-0.4, -0.2) is 23.6 Å². The number of benzene rings is 1. The standard InChI is InChI=1S/C21H26N2O2S/c24-19(8-18-20(25)23-16-3-1-2-4-17(16)26-18)22-12-21-9-13-5-14(10-21)7-15(6-13)11-21/h1-4,13-15,18H,5-12H2,(H,22,24)(H,23,25). The van der Waals surface area contributed by atoms with Gasteiger partial charge in [0.15, 0.2) is 0 Å². The molecule has 4 saturated carbocycles. The van der Waals surface area contributed by atoms with Crippen LogP contribution in [0.25, 0.3) is 0 Å². The first-order chi connectivity index (χ1) is 12.6. The van der Waals surface area contributed by atoms with Gasteiger partial charge < -0.3 is 10.6 Å². The highest BCUT2D eigenvalue weighted by Crippen LogP contribution is 2.59. The summed E-state index contributed by atoms with van der Waals surface area (Å²) in [6.45, 7) is 0.810. The maximum Gasteiger partial charge on any atom is 0.238 e. The van der Waals surface area contributed by atoms with Crippen LogP contribution in [0.2, 0.25) is 0 Å². The van der Waals surface area contributed by atoms with Crippen LogP contribution in [0.3, 0.4) is 0 Å². The summed E-state index contributed by atoms with van der Waals surface area (Å²) in [4.78, 5) is 25.9. The van der Waals surface area contributed by atoms with E-state index in [9.17, 15) is 9.59 Å². The van der Waals surface area contributed by atoms with Gasteiger partial charge in [0.25, 0.3) is 0 Å². The van der Waals surface area contributed by atoms with Gasteiger partial charge in [-0.05, 0) is 73.8 Å². The molecule has 1 atom stereocenters. The maximum atomic E-state index is 12.6. The maximum absolute atomic E-state index is 12.6. The zero-order valence-corrected chi connectivity index (χ0v) is 15.8. The van der Waals surface area contributed by atoms with E-state index >= 15 is 0 Å². The molecule has 0 radical (unpaired) electrons. The zero-order valence-electron chi connectivity index (χ0n) is 15.0. The minimum absolute atomic E-state index is 0.0211. The number of amides is 2. The molecule has 138 valence electrons. The topological polar surface area (TPSA) is 58.2 Å². The second-order valence-electron chi connectivity index (χ2n) is 8.99. The first-order valence-electron chi connectivity index (χ1n) is 9.92. The fourth-order valence-electron chi connectivity index (χ4n) is 6.26. The predicted molar refractivity (Wildman–Crippen MR) is 103 cm³/mol. The third-order valence-electron chi connectivity index (χ3n) is 6.90. The average Bonchev–Trinajstić information content (AvgIpc) is 2.60. The summed E-state index contributed by atoms with van der Waals surface area (Å²) >= 11 is 1.51. The molecule has 5 heteroatoms. The van der Waals surface area contributed by atoms with Gasteiger partial charge in [0, 0.05) is 17.9 Å². The van der Waals surface area contributed by atoms with Gasteiger partial charge in [0.1, 0.15) is 0 Å². The van der Waals surface area contributed by atoms with Gasteiger partial charge in [0.2, 0.25) is 11.8 Å². The Kier molecular flexibility index (Phi) is 4.03. The van der Waals surface area contributed by atoms with Crippen LogP contribution in [0.1, 0.15) is 44.9 Å². The fourth-order valence-corrected chi connectivity index (χ4v) is 7.37. The highest BCUT2D eigenvalue weighted by Gasteiger charge is 2.50. The molecule has 4 aliphatic carbocycles. The first kappa shape index (κ1) is 16.7. The van der Waals surface area contributed by atoms with Gasteiger partial charge >= 0.3 is 0 Å². The predicted octanol–water partition coefficient (Wildman–Crippen LogP) is 3.82. The molecule has 1 unspecified atom stereocenters. The van der Waals surface area contributed by atoms with E-state index < -0.39 is 0 Å². The number of anilines is 1. The first-order valence-corrected chi connectivity index (χ1v) is 10.8. The number of rotatable bonds is 4. The highest BCUT2D eigenvalue weighted by atomic mass is 32.2. The van der Waals surface area contributed by atoms with Gasteiger partial charge in [0.05, 0.1) is 10.9 Å². The summed E-state index contributed by atoms with van der Waals surface area (Å²) in [6, 6.07) is 7.79. The summed E-state index contributed by atoms with van der Waals surface area (Å²) in [5, 5.41) is 5.79. The molecule has 0 saturated heterocycles. The quantitative estimate of drug-likeness (QED) is 0.847. The molecule has 1 aliphatic heterocycles. The number of thioether (sulfide) groups is 1. The van der Waals surface area contributed by atoms with E-state index in [0.717, 1.165) is 34.9 Å². The third kappa shape index (κ3) is 3.04. The molecule has 26 heavy (non-hydrogen) atoms. The van der Waals surface area contributed by atoms with E-state index in [1.54, 1.807) is 0 Å². The van der Waals surface area contributed by atoms with Crippen molar-refractivity contribution in [2.45, 2.75) is 55.1 Å². The molecule has 1 aromatic rings. The van der Waals surface area contributed by atoms with E-state index in [2.05, 4.69) is 10.6 Å². The Morgan fingerprint density at radius 3 is 2.46 bits per heavy atom.